The van der Waals surface area contributed by atoms with Gasteiger partial charge in [0.2, 0.25) is 0 Å². The Bertz CT molecular complexity index is 433. The molecule has 0 saturated carbocycles. The zero-order valence-electron chi connectivity index (χ0n) is 10.1. The number of alkyl halides is 1. The van der Waals surface area contributed by atoms with Crippen molar-refractivity contribution in [2.24, 2.45) is 0 Å². The first-order valence-electron chi connectivity index (χ1n) is 5.26. The van der Waals surface area contributed by atoms with Crippen LogP contribution in [0.2, 0.25) is 0 Å². The summed E-state index contributed by atoms with van der Waals surface area (Å²) in [5.41, 5.74) is 0.648. The number of hydrogen-bond acceptors (Lipinski definition) is 3. The third-order valence-corrected chi connectivity index (χ3v) is 2.58. The normalized spacial score (nSPS) is 11.1. The largest absolute Gasteiger partial charge is 0.454 e. The van der Waals surface area contributed by atoms with Gasteiger partial charge in [-0.3, -0.25) is 4.79 Å². The molecule has 4 heteroatoms. The molecular formula is C13H15BrO3. The summed E-state index contributed by atoms with van der Waals surface area (Å²) < 4.78 is 5.03. The SMILES string of the molecule is CC(C)(C)OC(=O)C(=O)c1cccc(CBr)c1. The third kappa shape index (κ3) is 4.30. The zero-order valence-corrected chi connectivity index (χ0v) is 11.7. The molecule has 1 aromatic rings. The lowest BCUT2D eigenvalue weighted by Crippen LogP contribution is -2.29. The molecule has 0 radical (unpaired) electrons. The van der Waals surface area contributed by atoms with Crippen LogP contribution in [0.25, 0.3) is 0 Å². The quantitative estimate of drug-likeness (QED) is 0.373. The molecule has 1 aromatic carbocycles. The van der Waals surface area contributed by atoms with Gasteiger partial charge in [0.15, 0.2) is 0 Å². The fourth-order valence-electron chi connectivity index (χ4n) is 1.24. The molecule has 0 unspecified atom stereocenters. The van der Waals surface area contributed by atoms with Crippen LogP contribution in [-0.2, 0) is 14.9 Å². The van der Waals surface area contributed by atoms with Crippen LogP contribution in [0, 0.1) is 0 Å². The summed E-state index contributed by atoms with van der Waals surface area (Å²) in [7, 11) is 0. The topological polar surface area (TPSA) is 43.4 Å². The summed E-state index contributed by atoms with van der Waals surface area (Å²) in [6.45, 7) is 5.19. The van der Waals surface area contributed by atoms with E-state index in [-0.39, 0.29) is 0 Å². The molecule has 0 atom stereocenters. The molecule has 17 heavy (non-hydrogen) atoms. The smallest absolute Gasteiger partial charge is 0.380 e. The van der Waals surface area contributed by atoms with E-state index in [2.05, 4.69) is 15.9 Å². The lowest BCUT2D eigenvalue weighted by molar-refractivity contribution is -0.148. The predicted octanol–water partition coefficient (Wildman–Crippen LogP) is 3.11. The molecule has 0 aliphatic rings. The van der Waals surface area contributed by atoms with E-state index >= 15 is 0 Å². The van der Waals surface area contributed by atoms with Gasteiger partial charge in [0.05, 0.1) is 0 Å². The van der Waals surface area contributed by atoms with Crippen molar-refractivity contribution in [3.05, 3.63) is 35.4 Å². The first-order valence-corrected chi connectivity index (χ1v) is 6.38. The number of benzene rings is 1. The van der Waals surface area contributed by atoms with Crippen molar-refractivity contribution in [3.8, 4) is 0 Å². The summed E-state index contributed by atoms with van der Waals surface area (Å²) in [5.74, 6) is -1.42. The fraction of sp³-hybridized carbons (Fsp3) is 0.385. The van der Waals surface area contributed by atoms with Gasteiger partial charge in [-0.2, -0.15) is 0 Å². The number of rotatable bonds is 3. The van der Waals surface area contributed by atoms with Crippen LogP contribution in [0.1, 0.15) is 36.7 Å². The van der Waals surface area contributed by atoms with Crippen molar-refractivity contribution >= 4 is 27.7 Å². The first kappa shape index (κ1) is 13.9. The Morgan fingerprint density at radius 2 is 1.94 bits per heavy atom. The number of halogens is 1. The minimum Gasteiger partial charge on any atom is -0.454 e. The molecular weight excluding hydrogens is 284 g/mol. The Balaban J connectivity index is 2.85. The van der Waals surface area contributed by atoms with Crippen LogP contribution in [0.5, 0.6) is 0 Å². The highest BCUT2D eigenvalue weighted by Crippen LogP contribution is 2.13. The summed E-state index contributed by atoms with van der Waals surface area (Å²) >= 11 is 3.30. The average Bonchev–Trinajstić information content (AvgIpc) is 2.26. The maximum absolute atomic E-state index is 11.8. The highest BCUT2D eigenvalue weighted by molar-refractivity contribution is 9.08. The first-order chi connectivity index (χ1) is 7.83. The Hall–Kier alpha value is -1.16. The summed E-state index contributed by atoms with van der Waals surface area (Å²) in [6.07, 6.45) is 0. The lowest BCUT2D eigenvalue weighted by Gasteiger charge is -2.18. The molecule has 0 bridgehead atoms. The fourth-order valence-corrected chi connectivity index (χ4v) is 1.59. The molecule has 92 valence electrons. The number of carbonyl (C=O) groups is 2. The number of ether oxygens (including phenoxy) is 1. The summed E-state index contributed by atoms with van der Waals surface area (Å²) in [5, 5.41) is 0.641. The van der Waals surface area contributed by atoms with Gasteiger partial charge < -0.3 is 4.74 Å². The molecule has 0 saturated heterocycles. The van der Waals surface area contributed by atoms with E-state index in [1.807, 2.05) is 6.07 Å². The van der Waals surface area contributed by atoms with Gasteiger partial charge in [-0.05, 0) is 32.4 Å². The number of ketones is 1. The van der Waals surface area contributed by atoms with Crippen molar-refractivity contribution in [3.63, 3.8) is 0 Å². The van der Waals surface area contributed by atoms with Gasteiger partial charge in [0, 0.05) is 10.9 Å². The van der Waals surface area contributed by atoms with Crippen LogP contribution >= 0.6 is 15.9 Å². The van der Waals surface area contributed by atoms with Crippen LogP contribution in [0.3, 0.4) is 0 Å². The van der Waals surface area contributed by atoms with E-state index in [9.17, 15) is 9.59 Å². The molecule has 0 heterocycles. The molecule has 0 spiro atoms. The molecule has 0 N–H and O–H groups in total. The zero-order chi connectivity index (χ0) is 13.1. The van der Waals surface area contributed by atoms with Gasteiger partial charge >= 0.3 is 5.97 Å². The predicted molar refractivity (Wildman–Crippen MR) is 69.2 cm³/mol. The van der Waals surface area contributed by atoms with Crippen LogP contribution in [-0.4, -0.2) is 17.4 Å². The van der Waals surface area contributed by atoms with Crippen molar-refractivity contribution in [2.45, 2.75) is 31.7 Å². The highest BCUT2D eigenvalue weighted by Gasteiger charge is 2.23. The highest BCUT2D eigenvalue weighted by atomic mass is 79.9. The Morgan fingerprint density at radius 3 is 2.47 bits per heavy atom. The number of Topliss-reactive ketones (excluding diaryl/α,β-unsaturated/α-hetero) is 1. The molecule has 0 fully saturated rings. The van der Waals surface area contributed by atoms with Gasteiger partial charge in [-0.15, -0.1) is 0 Å². The Morgan fingerprint density at radius 1 is 1.29 bits per heavy atom. The number of esters is 1. The lowest BCUT2D eigenvalue weighted by atomic mass is 10.1. The monoisotopic (exact) mass is 298 g/mol. The molecule has 0 amide bonds. The number of hydrogen-bond donors (Lipinski definition) is 0. The van der Waals surface area contributed by atoms with Gasteiger partial charge in [0.25, 0.3) is 5.78 Å². The van der Waals surface area contributed by atoms with Crippen LogP contribution in [0.15, 0.2) is 24.3 Å². The Labute approximate surface area is 109 Å². The van der Waals surface area contributed by atoms with Crippen LogP contribution < -0.4 is 0 Å². The maximum atomic E-state index is 11.8. The van der Waals surface area contributed by atoms with Crippen molar-refractivity contribution in [1.82, 2.24) is 0 Å². The summed E-state index contributed by atoms with van der Waals surface area (Å²) in [6, 6.07) is 6.91. The second-order valence-corrected chi connectivity index (χ2v) is 5.23. The van der Waals surface area contributed by atoms with Gasteiger partial charge in [-0.1, -0.05) is 34.1 Å². The van der Waals surface area contributed by atoms with Gasteiger partial charge in [0.1, 0.15) is 5.60 Å². The van der Waals surface area contributed by atoms with E-state index in [4.69, 9.17) is 4.74 Å². The molecule has 0 aromatic heterocycles. The summed E-state index contributed by atoms with van der Waals surface area (Å²) in [4.78, 5) is 23.4. The van der Waals surface area contributed by atoms with Crippen LogP contribution in [0.4, 0.5) is 0 Å². The van der Waals surface area contributed by atoms with Gasteiger partial charge in [-0.25, -0.2) is 4.79 Å². The minimum atomic E-state index is -0.816. The maximum Gasteiger partial charge on any atom is 0.380 e. The van der Waals surface area contributed by atoms with E-state index in [1.54, 1.807) is 39.0 Å². The third-order valence-electron chi connectivity index (χ3n) is 1.93. The van der Waals surface area contributed by atoms with E-state index in [0.717, 1.165) is 5.56 Å². The standard InChI is InChI=1S/C13H15BrO3/c1-13(2,3)17-12(16)11(15)10-6-4-5-9(7-10)8-14/h4-7H,8H2,1-3H3. The molecule has 1 rings (SSSR count). The Kier molecular flexibility index (Phi) is 4.46. The van der Waals surface area contributed by atoms with E-state index in [1.165, 1.54) is 0 Å². The molecule has 0 aliphatic heterocycles. The van der Waals surface area contributed by atoms with E-state index < -0.39 is 17.4 Å². The second-order valence-electron chi connectivity index (χ2n) is 4.67. The second kappa shape index (κ2) is 5.45. The average molecular weight is 299 g/mol. The van der Waals surface area contributed by atoms with Crippen molar-refractivity contribution in [1.29, 1.82) is 0 Å². The number of carbonyl (C=O) groups excluding carboxylic acids is 2. The minimum absolute atomic E-state index is 0.358. The van der Waals surface area contributed by atoms with E-state index in [0.29, 0.717) is 10.9 Å². The molecule has 3 nitrogen and oxygen atoms in total. The van der Waals surface area contributed by atoms with Crippen molar-refractivity contribution < 1.29 is 14.3 Å². The molecule has 0 aliphatic carbocycles. The van der Waals surface area contributed by atoms with Crippen molar-refractivity contribution in [2.75, 3.05) is 0 Å².